The normalized spacial score (nSPS) is 15.7. The zero-order chi connectivity index (χ0) is 15.4. The van der Waals surface area contributed by atoms with E-state index in [0.29, 0.717) is 17.9 Å². The number of benzene rings is 1. The number of thiophene rings is 1. The van der Waals surface area contributed by atoms with E-state index >= 15 is 0 Å². The van der Waals surface area contributed by atoms with E-state index in [9.17, 15) is 0 Å². The Morgan fingerprint density at radius 1 is 1.24 bits per heavy atom. The Kier molecular flexibility index (Phi) is 6.03. The number of hydrogen-bond donors (Lipinski definition) is 1. The largest absolute Gasteiger partial charge is 0.312 e. The monoisotopic (exact) mass is 365 g/mol. The molecule has 3 atom stereocenters. The third-order valence-corrected chi connectivity index (χ3v) is 6.51. The van der Waals surface area contributed by atoms with Gasteiger partial charge in [0.1, 0.15) is 0 Å². The molecule has 0 saturated carbocycles. The van der Waals surface area contributed by atoms with Crippen molar-refractivity contribution in [1.82, 2.24) is 5.32 Å². The molecule has 0 radical (unpaired) electrons. The van der Waals surface area contributed by atoms with Gasteiger partial charge in [0.25, 0.3) is 0 Å². The maximum Gasteiger partial charge on any atom is 0.0731 e. The fraction of sp³-hybridized carbons (Fsp3) is 0.444. The number of nitrogens with one attached hydrogen (secondary N) is 1. The maximum absolute atomic E-state index is 3.66. The van der Waals surface area contributed by atoms with Crippen LogP contribution in [0.4, 0.5) is 0 Å². The first-order chi connectivity index (χ1) is 10.1. The predicted molar refractivity (Wildman–Crippen MR) is 97.2 cm³/mol. The van der Waals surface area contributed by atoms with Gasteiger partial charge in [0.05, 0.1) is 3.79 Å². The number of rotatable bonds is 6. The molecule has 1 heterocycles. The molecule has 3 unspecified atom stereocenters. The summed E-state index contributed by atoms with van der Waals surface area (Å²) in [6, 6.07) is 13.6. The van der Waals surface area contributed by atoms with E-state index in [0.717, 1.165) is 0 Å². The molecule has 0 aliphatic heterocycles. The van der Waals surface area contributed by atoms with E-state index in [4.69, 9.17) is 0 Å². The van der Waals surface area contributed by atoms with Crippen molar-refractivity contribution in [3.05, 3.63) is 56.2 Å². The van der Waals surface area contributed by atoms with Gasteiger partial charge in [0, 0.05) is 16.8 Å². The molecule has 21 heavy (non-hydrogen) atoms. The molecule has 0 amide bonds. The highest BCUT2D eigenvalue weighted by Crippen LogP contribution is 2.42. The number of aryl methyl sites for hydroxylation is 1. The first-order valence-electron chi connectivity index (χ1n) is 7.56. The van der Waals surface area contributed by atoms with Crippen molar-refractivity contribution in [2.75, 3.05) is 7.05 Å². The summed E-state index contributed by atoms with van der Waals surface area (Å²) in [6.07, 6.45) is 1.18. The molecule has 2 aromatic rings. The molecule has 0 fully saturated rings. The molecule has 0 spiro atoms. The fourth-order valence-corrected chi connectivity index (χ4v) is 4.64. The highest BCUT2D eigenvalue weighted by molar-refractivity contribution is 9.11. The average molecular weight is 366 g/mol. The Balaban J connectivity index is 2.42. The van der Waals surface area contributed by atoms with Gasteiger partial charge in [0.15, 0.2) is 0 Å². The minimum Gasteiger partial charge on any atom is -0.312 e. The second kappa shape index (κ2) is 7.57. The zero-order valence-corrected chi connectivity index (χ0v) is 15.6. The molecule has 2 rings (SSSR count). The minimum absolute atomic E-state index is 0.359. The van der Waals surface area contributed by atoms with Crippen LogP contribution >= 0.6 is 27.3 Å². The molecule has 1 aromatic heterocycles. The Bertz CT molecular complexity index is 544. The number of likely N-dealkylation sites (N-methyl/N-ethyl adjacent to an activating group) is 1. The summed E-state index contributed by atoms with van der Waals surface area (Å²) in [5.74, 6) is 1.12. The van der Waals surface area contributed by atoms with E-state index < -0.39 is 0 Å². The topological polar surface area (TPSA) is 12.0 Å². The summed E-state index contributed by atoms with van der Waals surface area (Å²) < 4.78 is 1.24. The maximum atomic E-state index is 3.66. The molecule has 1 N–H and O–H groups in total. The Morgan fingerprint density at radius 2 is 1.90 bits per heavy atom. The van der Waals surface area contributed by atoms with Crippen LogP contribution in [0.15, 0.2) is 40.2 Å². The van der Waals surface area contributed by atoms with Crippen LogP contribution in [0.3, 0.4) is 0 Å². The first-order valence-corrected chi connectivity index (χ1v) is 9.17. The van der Waals surface area contributed by atoms with Gasteiger partial charge < -0.3 is 5.32 Å². The van der Waals surface area contributed by atoms with E-state index in [1.165, 1.54) is 26.2 Å². The van der Waals surface area contributed by atoms with Crippen LogP contribution in [0.25, 0.3) is 0 Å². The van der Waals surface area contributed by atoms with E-state index in [1.807, 2.05) is 11.3 Å². The molecule has 0 saturated heterocycles. The second-order valence-electron chi connectivity index (χ2n) is 5.69. The van der Waals surface area contributed by atoms with Crippen molar-refractivity contribution in [1.29, 1.82) is 0 Å². The highest BCUT2D eigenvalue weighted by atomic mass is 79.9. The molecule has 1 aromatic carbocycles. The zero-order valence-electron chi connectivity index (χ0n) is 13.2. The molecular weight excluding hydrogens is 342 g/mol. The van der Waals surface area contributed by atoms with Gasteiger partial charge in [-0.25, -0.2) is 0 Å². The lowest BCUT2D eigenvalue weighted by Gasteiger charge is -2.31. The SMILES string of the molecule is CCC(C)C(c1ccccc1)C(NC)c1cc(C)c(Br)s1. The lowest BCUT2D eigenvalue weighted by atomic mass is 9.79. The molecule has 114 valence electrons. The van der Waals surface area contributed by atoms with Gasteiger partial charge in [0.2, 0.25) is 0 Å². The standard InChI is InChI=1S/C18H24BrNS/c1-5-12(2)16(14-9-7-6-8-10-14)17(20-4)15-11-13(3)18(19)21-15/h6-12,16-17,20H,5H2,1-4H3. The lowest BCUT2D eigenvalue weighted by molar-refractivity contribution is 0.358. The third kappa shape index (κ3) is 3.77. The van der Waals surface area contributed by atoms with Crippen molar-refractivity contribution >= 4 is 27.3 Å². The van der Waals surface area contributed by atoms with Gasteiger partial charge in [-0.15, -0.1) is 11.3 Å². The Morgan fingerprint density at radius 3 is 2.38 bits per heavy atom. The fourth-order valence-electron chi connectivity index (χ4n) is 2.91. The van der Waals surface area contributed by atoms with Gasteiger partial charge in [-0.05, 0) is 53.0 Å². The van der Waals surface area contributed by atoms with Gasteiger partial charge in [-0.2, -0.15) is 0 Å². The van der Waals surface area contributed by atoms with Crippen molar-refractivity contribution in [3.63, 3.8) is 0 Å². The molecule has 1 nitrogen and oxygen atoms in total. The van der Waals surface area contributed by atoms with Crippen LogP contribution in [0.1, 0.15) is 48.2 Å². The van der Waals surface area contributed by atoms with Crippen LogP contribution in [-0.4, -0.2) is 7.05 Å². The first kappa shape index (κ1) is 16.7. The van der Waals surface area contributed by atoms with Crippen molar-refractivity contribution in [2.24, 2.45) is 5.92 Å². The summed E-state index contributed by atoms with van der Waals surface area (Å²) >= 11 is 5.52. The van der Waals surface area contributed by atoms with E-state index in [-0.39, 0.29) is 0 Å². The third-order valence-electron chi connectivity index (χ3n) is 4.29. The van der Waals surface area contributed by atoms with Crippen LogP contribution in [0.2, 0.25) is 0 Å². The van der Waals surface area contributed by atoms with Crippen LogP contribution in [0, 0.1) is 12.8 Å². The van der Waals surface area contributed by atoms with Gasteiger partial charge in [-0.1, -0.05) is 50.6 Å². The molecular formula is C18H24BrNS. The van der Waals surface area contributed by atoms with Gasteiger partial charge in [-0.3, -0.25) is 0 Å². The van der Waals surface area contributed by atoms with E-state index in [1.54, 1.807) is 0 Å². The van der Waals surface area contributed by atoms with Crippen molar-refractivity contribution in [2.45, 2.75) is 39.2 Å². The van der Waals surface area contributed by atoms with Crippen LogP contribution < -0.4 is 5.32 Å². The minimum atomic E-state index is 0.359. The molecule has 0 aliphatic rings. The van der Waals surface area contributed by atoms with Crippen molar-refractivity contribution < 1.29 is 0 Å². The second-order valence-corrected chi connectivity index (χ2v) is 8.10. The Hall–Kier alpha value is -0.640. The summed E-state index contributed by atoms with van der Waals surface area (Å²) in [5, 5.41) is 3.56. The lowest BCUT2D eigenvalue weighted by Crippen LogP contribution is -2.27. The molecule has 3 heteroatoms. The summed E-state index contributed by atoms with van der Waals surface area (Å²) in [6.45, 7) is 6.80. The van der Waals surface area contributed by atoms with Crippen LogP contribution in [0.5, 0.6) is 0 Å². The smallest absolute Gasteiger partial charge is 0.0731 e. The highest BCUT2D eigenvalue weighted by Gasteiger charge is 2.29. The molecule has 0 aliphatic carbocycles. The summed E-state index contributed by atoms with van der Waals surface area (Å²) in [5.41, 5.74) is 2.75. The molecule has 0 bridgehead atoms. The average Bonchev–Trinajstić information content (AvgIpc) is 2.84. The van der Waals surface area contributed by atoms with Gasteiger partial charge >= 0.3 is 0 Å². The Labute approximate surface area is 140 Å². The summed E-state index contributed by atoms with van der Waals surface area (Å²) in [4.78, 5) is 1.41. The van der Waals surface area contributed by atoms with E-state index in [2.05, 4.69) is 85.5 Å². The number of halogens is 1. The summed E-state index contributed by atoms with van der Waals surface area (Å²) in [7, 11) is 2.08. The van der Waals surface area contributed by atoms with Crippen LogP contribution in [-0.2, 0) is 0 Å². The predicted octanol–water partition coefficient (Wildman–Crippen LogP) is 5.91. The number of hydrogen-bond acceptors (Lipinski definition) is 2. The quantitative estimate of drug-likeness (QED) is 0.670. The van der Waals surface area contributed by atoms with Crippen molar-refractivity contribution in [3.8, 4) is 0 Å².